The van der Waals surface area contributed by atoms with Crippen molar-refractivity contribution in [2.24, 2.45) is 0 Å². The lowest BCUT2D eigenvalue weighted by Gasteiger charge is -2.09. The molecule has 142 valence electrons. The van der Waals surface area contributed by atoms with Crippen LogP contribution in [0.1, 0.15) is 79.0 Å². The van der Waals surface area contributed by atoms with Crippen LogP contribution < -0.4 is 0 Å². The van der Waals surface area contributed by atoms with Gasteiger partial charge in [-0.2, -0.15) is 0 Å². The van der Waals surface area contributed by atoms with Crippen LogP contribution in [-0.2, 0) is 0 Å². The molecule has 0 aliphatic rings. The zero-order valence-corrected chi connectivity index (χ0v) is 18.2. The predicted octanol–water partition coefficient (Wildman–Crippen LogP) is 8.45. The molecule has 1 heterocycles. The van der Waals surface area contributed by atoms with Gasteiger partial charge in [0.1, 0.15) is 0 Å². The second-order valence-electron chi connectivity index (χ2n) is 4.65. The Morgan fingerprint density at radius 1 is 0.880 bits per heavy atom. The molecule has 1 nitrogen and oxygen atoms in total. The number of aryl methyl sites for hydroxylation is 1. The van der Waals surface area contributed by atoms with E-state index in [0.717, 1.165) is 6.42 Å². The molecule has 1 aromatic carbocycles. The lowest BCUT2D eigenvalue weighted by atomic mass is 10.0. The van der Waals surface area contributed by atoms with Gasteiger partial charge in [-0.3, -0.25) is 4.98 Å². The van der Waals surface area contributed by atoms with Crippen molar-refractivity contribution in [1.82, 2.24) is 4.98 Å². The summed E-state index contributed by atoms with van der Waals surface area (Å²) in [6.45, 7) is 24.5. The van der Waals surface area contributed by atoms with E-state index < -0.39 is 0 Å². The molecule has 25 heavy (non-hydrogen) atoms. The van der Waals surface area contributed by atoms with Gasteiger partial charge in [0.15, 0.2) is 0 Å². The molecule has 0 aliphatic carbocycles. The highest BCUT2D eigenvalue weighted by atomic mass is 14.7. The Bertz CT molecular complexity index is 500. The van der Waals surface area contributed by atoms with E-state index in [0.29, 0.717) is 5.92 Å². The molecule has 0 saturated heterocycles. The zero-order valence-electron chi connectivity index (χ0n) is 18.2. The van der Waals surface area contributed by atoms with Gasteiger partial charge in [-0.1, -0.05) is 91.3 Å². The van der Waals surface area contributed by atoms with Crippen molar-refractivity contribution in [3.8, 4) is 11.1 Å². The van der Waals surface area contributed by atoms with Crippen LogP contribution in [0.15, 0.2) is 55.8 Å². The number of hydrogen-bond acceptors (Lipinski definition) is 1. The average Bonchev–Trinajstić information content (AvgIpc) is 2.73. The molecule has 0 spiro atoms. The molecule has 1 heteroatoms. The van der Waals surface area contributed by atoms with Crippen LogP contribution in [0.3, 0.4) is 0 Å². The molecular weight excluding hydrogens is 302 g/mol. The fraction of sp³-hybridized carbons (Fsp3) is 0.458. The van der Waals surface area contributed by atoms with Crippen LogP contribution in [0.5, 0.6) is 0 Å². The fourth-order valence-corrected chi connectivity index (χ4v) is 1.90. The zero-order chi connectivity index (χ0) is 20.3. The smallest absolute Gasteiger partial charge is 0.0432 e. The van der Waals surface area contributed by atoms with Crippen molar-refractivity contribution in [2.45, 2.75) is 74.7 Å². The van der Waals surface area contributed by atoms with E-state index in [9.17, 15) is 0 Å². The monoisotopic (exact) mass is 343 g/mol. The summed E-state index contributed by atoms with van der Waals surface area (Å²) in [4.78, 5) is 4.56. The van der Waals surface area contributed by atoms with Crippen molar-refractivity contribution < 1.29 is 0 Å². The van der Waals surface area contributed by atoms with Crippen LogP contribution >= 0.6 is 0 Å². The molecule has 0 aliphatic heterocycles. The fourth-order valence-electron chi connectivity index (χ4n) is 1.90. The predicted molar refractivity (Wildman–Crippen MR) is 118 cm³/mol. The first kappa shape index (κ1) is 27.9. The first-order valence-corrected chi connectivity index (χ1v) is 9.73. The summed E-state index contributed by atoms with van der Waals surface area (Å²) in [5, 5.41) is 0. The number of nitrogens with zero attached hydrogens (tertiary/aromatic N) is 1. The summed E-state index contributed by atoms with van der Waals surface area (Å²) in [5.74, 6) is 0.543. The Morgan fingerprint density at radius 2 is 1.44 bits per heavy atom. The first-order valence-electron chi connectivity index (χ1n) is 9.73. The van der Waals surface area contributed by atoms with Gasteiger partial charge in [0.2, 0.25) is 0 Å². The number of rotatable bonds is 3. The Kier molecular flexibility index (Phi) is 22.5. The highest BCUT2D eigenvalue weighted by Crippen LogP contribution is 2.22. The van der Waals surface area contributed by atoms with Gasteiger partial charge >= 0.3 is 0 Å². The molecule has 0 saturated carbocycles. The number of benzene rings is 1. The summed E-state index contributed by atoms with van der Waals surface area (Å²) in [6.07, 6.45) is 3.12. The Balaban J connectivity index is -0.000000533. The van der Waals surface area contributed by atoms with Crippen LogP contribution in [0, 0.1) is 6.92 Å². The van der Waals surface area contributed by atoms with Crippen molar-refractivity contribution in [3.05, 3.63) is 67.0 Å². The van der Waals surface area contributed by atoms with E-state index >= 15 is 0 Å². The van der Waals surface area contributed by atoms with E-state index in [2.05, 4.69) is 75.3 Å². The normalized spacial score (nSPS) is 9.32. The Morgan fingerprint density at radius 3 is 1.84 bits per heavy atom. The maximum Gasteiger partial charge on any atom is 0.0432 e. The molecule has 2 rings (SSSR count). The van der Waals surface area contributed by atoms with Crippen LogP contribution in [0.4, 0.5) is 0 Å². The summed E-state index contributed by atoms with van der Waals surface area (Å²) in [5.41, 5.74) is 4.91. The molecule has 0 N–H and O–H groups in total. The SMILES string of the molecule is C=C.CC.CC.CC.CCC(C)c1ccc(-c2cccc(C)c2)cn1. The quantitative estimate of drug-likeness (QED) is 0.509. The van der Waals surface area contributed by atoms with Gasteiger partial charge in [0, 0.05) is 17.5 Å². The summed E-state index contributed by atoms with van der Waals surface area (Å²) >= 11 is 0. The molecule has 1 aromatic heterocycles. The third-order valence-electron chi connectivity index (χ3n) is 3.26. The summed E-state index contributed by atoms with van der Waals surface area (Å²) in [6, 6.07) is 12.8. The van der Waals surface area contributed by atoms with E-state index in [1.165, 1.54) is 22.4 Å². The lowest BCUT2D eigenvalue weighted by Crippen LogP contribution is -1.95. The highest BCUT2D eigenvalue weighted by Gasteiger charge is 2.04. The maximum atomic E-state index is 4.56. The molecule has 1 atom stereocenters. The van der Waals surface area contributed by atoms with Crippen LogP contribution in [0.2, 0.25) is 0 Å². The highest BCUT2D eigenvalue weighted by molar-refractivity contribution is 5.63. The van der Waals surface area contributed by atoms with Crippen molar-refractivity contribution in [3.63, 3.8) is 0 Å². The van der Waals surface area contributed by atoms with Gasteiger partial charge in [-0.05, 0) is 30.9 Å². The second-order valence-corrected chi connectivity index (χ2v) is 4.65. The second kappa shape index (κ2) is 20.2. The van der Waals surface area contributed by atoms with Crippen LogP contribution in [0.25, 0.3) is 11.1 Å². The van der Waals surface area contributed by atoms with E-state index in [1.807, 2.05) is 47.7 Å². The molecular formula is C24H41N. The third kappa shape index (κ3) is 11.3. The van der Waals surface area contributed by atoms with E-state index in [-0.39, 0.29) is 0 Å². The molecule has 2 aromatic rings. The standard InChI is InChI=1S/C16H19N.3C2H6.C2H4/c1-4-13(3)16-9-8-15(11-17-16)14-7-5-6-12(2)10-14;4*1-2/h5-11,13H,4H2,1-3H3;3*1-2H3;1-2H2. The summed E-state index contributed by atoms with van der Waals surface area (Å²) in [7, 11) is 0. The molecule has 0 fully saturated rings. The Hall–Kier alpha value is -1.89. The van der Waals surface area contributed by atoms with E-state index in [1.54, 1.807) is 0 Å². The maximum absolute atomic E-state index is 4.56. The van der Waals surface area contributed by atoms with Crippen molar-refractivity contribution in [2.75, 3.05) is 0 Å². The third-order valence-corrected chi connectivity index (χ3v) is 3.26. The molecule has 0 bridgehead atoms. The minimum atomic E-state index is 0.543. The molecule has 0 amide bonds. The number of aromatic nitrogens is 1. The topological polar surface area (TPSA) is 12.9 Å². The van der Waals surface area contributed by atoms with Gasteiger partial charge in [0.05, 0.1) is 0 Å². The van der Waals surface area contributed by atoms with Gasteiger partial charge in [-0.15, -0.1) is 13.2 Å². The van der Waals surface area contributed by atoms with Gasteiger partial charge in [-0.25, -0.2) is 0 Å². The van der Waals surface area contributed by atoms with Crippen molar-refractivity contribution >= 4 is 0 Å². The molecule has 1 unspecified atom stereocenters. The number of hydrogen-bond donors (Lipinski definition) is 0. The lowest BCUT2D eigenvalue weighted by molar-refractivity contribution is 0.708. The minimum absolute atomic E-state index is 0.543. The first-order chi connectivity index (χ1) is 12.2. The minimum Gasteiger partial charge on any atom is -0.260 e. The van der Waals surface area contributed by atoms with Crippen molar-refractivity contribution in [1.29, 1.82) is 0 Å². The molecule has 0 radical (unpaired) electrons. The summed E-state index contributed by atoms with van der Waals surface area (Å²) < 4.78 is 0. The van der Waals surface area contributed by atoms with E-state index in [4.69, 9.17) is 0 Å². The largest absolute Gasteiger partial charge is 0.260 e. The van der Waals surface area contributed by atoms with Gasteiger partial charge in [0.25, 0.3) is 0 Å². The van der Waals surface area contributed by atoms with Crippen LogP contribution in [-0.4, -0.2) is 4.98 Å². The number of pyridine rings is 1. The average molecular weight is 344 g/mol. The van der Waals surface area contributed by atoms with Gasteiger partial charge < -0.3 is 0 Å². The Labute approximate surface area is 158 Å².